The first kappa shape index (κ1) is 16.9. The number of nitrogens with zero attached hydrogens (tertiary/aromatic N) is 4. The van der Waals surface area contributed by atoms with Crippen molar-refractivity contribution in [2.45, 2.75) is 44.4 Å². The largest absolute Gasteiger partial charge is 0.474 e. The molecule has 0 spiro atoms. The summed E-state index contributed by atoms with van der Waals surface area (Å²) in [5, 5.41) is 4.61. The third kappa shape index (κ3) is 3.37. The fourth-order valence-electron chi connectivity index (χ4n) is 3.99. The van der Waals surface area contributed by atoms with E-state index in [2.05, 4.69) is 21.0 Å². The van der Waals surface area contributed by atoms with Crippen molar-refractivity contribution in [3.63, 3.8) is 0 Å². The highest BCUT2D eigenvalue weighted by atomic mass is 16.5. The Morgan fingerprint density at radius 3 is 2.63 bits per heavy atom. The highest BCUT2D eigenvalue weighted by Gasteiger charge is 2.27. The van der Waals surface area contributed by atoms with Gasteiger partial charge in [0, 0.05) is 44.0 Å². The lowest BCUT2D eigenvalue weighted by atomic mass is 10.0. The summed E-state index contributed by atoms with van der Waals surface area (Å²) in [5.41, 5.74) is 4.17. The lowest BCUT2D eigenvalue weighted by Gasteiger charge is -2.24. The van der Waals surface area contributed by atoms with Crippen molar-refractivity contribution in [1.82, 2.24) is 14.8 Å². The highest BCUT2D eigenvalue weighted by molar-refractivity contribution is 6.16. The molecule has 2 saturated heterocycles. The summed E-state index contributed by atoms with van der Waals surface area (Å²) in [5.74, 6) is 0.689. The molecule has 0 N–H and O–H groups in total. The molecule has 142 valence electrons. The standard InChI is InChI=1S/C20H24N4O3/c1-6-21-20(27-17-4-9-26-10-5-17)18-14(1)11-22-19(18)15-12-23-24(13-15)16-2-7-25-8-3-16/h1,6,12-13,16-17H,2-5,7-11H2. The molecule has 27 heavy (non-hydrogen) atoms. The lowest BCUT2D eigenvalue weighted by molar-refractivity contribution is 0.0236. The molecule has 0 amide bonds. The summed E-state index contributed by atoms with van der Waals surface area (Å²) in [6.45, 7) is 3.77. The molecule has 7 heteroatoms. The molecule has 3 aliphatic heterocycles. The van der Waals surface area contributed by atoms with Gasteiger partial charge >= 0.3 is 0 Å². The zero-order valence-electron chi connectivity index (χ0n) is 15.3. The SMILES string of the molecule is c1cc2c(c(OC3CCOCC3)n1)C(c1cnn(C3CCOCC3)c1)=NC2. The molecule has 5 heterocycles. The summed E-state index contributed by atoms with van der Waals surface area (Å²) in [7, 11) is 0. The van der Waals surface area contributed by atoms with Crippen LogP contribution in [0.25, 0.3) is 0 Å². The van der Waals surface area contributed by atoms with E-state index in [1.165, 1.54) is 5.56 Å². The van der Waals surface area contributed by atoms with E-state index >= 15 is 0 Å². The molecule has 0 aromatic carbocycles. The number of aromatic nitrogens is 3. The number of ether oxygens (including phenoxy) is 3. The zero-order chi connectivity index (χ0) is 18.1. The topological polar surface area (TPSA) is 70.8 Å². The average Bonchev–Trinajstić information content (AvgIpc) is 3.37. The van der Waals surface area contributed by atoms with Crippen LogP contribution in [0.3, 0.4) is 0 Å². The van der Waals surface area contributed by atoms with Gasteiger partial charge in [-0.05, 0) is 24.5 Å². The quantitative estimate of drug-likeness (QED) is 0.829. The van der Waals surface area contributed by atoms with E-state index in [1.54, 1.807) is 0 Å². The zero-order valence-corrected chi connectivity index (χ0v) is 15.3. The van der Waals surface area contributed by atoms with Gasteiger partial charge in [-0.3, -0.25) is 9.67 Å². The van der Waals surface area contributed by atoms with Crippen LogP contribution >= 0.6 is 0 Å². The van der Waals surface area contributed by atoms with Gasteiger partial charge in [0.2, 0.25) is 5.88 Å². The van der Waals surface area contributed by atoms with Gasteiger partial charge in [-0.2, -0.15) is 5.10 Å². The Morgan fingerprint density at radius 1 is 1.04 bits per heavy atom. The summed E-state index contributed by atoms with van der Waals surface area (Å²) in [6, 6.07) is 2.44. The maximum absolute atomic E-state index is 6.26. The van der Waals surface area contributed by atoms with Crippen LogP contribution in [-0.2, 0) is 16.0 Å². The molecular formula is C20H24N4O3. The van der Waals surface area contributed by atoms with Crippen molar-refractivity contribution in [3.8, 4) is 5.88 Å². The number of rotatable bonds is 4. The number of hydrogen-bond acceptors (Lipinski definition) is 6. The van der Waals surface area contributed by atoms with Gasteiger partial charge in [-0.25, -0.2) is 4.98 Å². The Bertz CT molecular complexity index is 836. The second-order valence-corrected chi connectivity index (χ2v) is 7.30. The van der Waals surface area contributed by atoms with Gasteiger partial charge in [0.05, 0.1) is 43.3 Å². The van der Waals surface area contributed by atoms with Crippen LogP contribution < -0.4 is 4.74 Å². The first-order valence-corrected chi connectivity index (χ1v) is 9.78. The molecule has 0 radical (unpaired) electrons. The molecule has 0 unspecified atom stereocenters. The summed E-state index contributed by atoms with van der Waals surface area (Å²) in [6.07, 6.45) is 9.80. The average molecular weight is 368 g/mol. The molecule has 2 aromatic heterocycles. The molecular weight excluding hydrogens is 344 g/mol. The van der Waals surface area contributed by atoms with E-state index in [9.17, 15) is 0 Å². The van der Waals surface area contributed by atoms with Crippen LogP contribution in [0.4, 0.5) is 0 Å². The summed E-state index contributed by atoms with van der Waals surface area (Å²) in [4.78, 5) is 9.31. The van der Waals surface area contributed by atoms with Crippen LogP contribution in [0.2, 0.25) is 0 Å². The first-order valence-electron chi connectivity index (χ1n) is 9.78. The van der Waals surface area contributed by atoms with E-state index < -0.39 is 0 Å². The molecule has 0 atom stereocenters. The van der Waals surface area contributed by atoms with Gasteiger partial charge in [0.15, 0.2) is 0 Å². The van der Waals surface area contributed by atoms with Crippen molar-refractivity contribution in [2.24, 2.45) is 4.99 Å². The molecule has 7 nitrogen and oxygen atoms in total. The minimum Gasteiger partial charge on any atom is -0.474 e. The van der Waals surface area contributed by atoms with Gasteiger partial charge in [0.1, 0.15) is 6.10 Å². The van der Waals surface area contributed by atoms with Gasteiger partial charge in [-0.1, -0.05) is 0 Å². The molecule has 5 rings (SSSR count). The summed E-state index contributed by atoms with van der Waals surface area (Å²) >= 11 is 0. The van der Waals surface area contributed by atoms with Gasteiger partial charge in [-0.15, -0.1) is 0 Å². The Hall–Kier alpha value is -2.25. The maximum atomic E-state index is 6.26. The predicted octanol–water partition coefficient (Wildman–Crippen LogP) is 2.54. The Labute approximate surface area is 158 Å². The Morgan fingerprint density at radius 2 is 1.81 bits per heavy atom. The van der Waals surface area contributed by atoms with E-state index in [-0.39, 0.29) is 6.10 Å². The number of hydrogen-bond donors (Lipinski definition) is 0. The first-order chi connectivity index (χ1) is 13.4. The molecule has 2 aromatic rings. The van der Waals surface area contributed by atoms with Crippen molar-refractivity contribution in [1.29, 1.82) is 0 Å². The number of pyridine rings is 1. The normalized spacial score (nSPS) is 21.1. The number of aliphatic imine (C=N–C) groups is 1. The van der Waals surface area contributed by atoms with Crippen molar-refractivity contribution in [3.05, 3.63) is 41.3 Å². The minimum absolute atomic E-state index is 0.157. The number of fused-ring (bicyclic) bond motifs is 1. The molecule has 3 aliphatic rings. The van der Waals surface area contributed by atoms with E-state index in [0.29, 0.717) is 18.5 Å². The fourth-order valence-corrected chi connectivity index (χ4v) is 3.99. The second-order valence-electron chi connectivity index (χ2n) is 7.30. The van der Waals surface area contributed by atoms with E-state index in [4.69, 9.17) is 19.2 Å². The Kier molecular flexibility index (Phi) is 4.63. The smallest absolute Gasteiger partial charge is 0.223 e. The van der Waals surface area contributed by atoms with Crippen LogP contribution in [-0.4, -0.2) is 53.0 Å². The fraction of sp³-hybridized carbons (Fsp3) is 0.550. The molecule has 2 fully saturated rings. The summed E-state index contributed by atoms with van der Waals surface area (Å²) < 4.78 is 19.2. The minimum atomic E-state index is 0.157. The van der Waals surface area contributed by atoms with Crippen molar-refractivity contribution >= 4 is 5.71 Å². The highest BCUT2D eigenvalue weighted by Crippen LogP contribution is 2.31. The van der Waals surface area contributed by atoms with Crippen LogP contribution in [0.5, 0.6) is 5.88 Å². The van der Waals surface area contributed by atoms with E-state index in [1.807, 2.05) is 18.5 Å². The molecule has 0 bridgehead atoms. The molecule has 0 aliphatic carbocycles. The third-order valence-corrected chi connectivity index (χ3v) is 5.53. The molecule has 0 saturated carbocycles. The van der Waals surface area contributed by atoms with E-state index in [0.717, 1.165) is 68.9 Å². The Balaban J connectivity index is 1.41. The second kappa shape index (κ2) is 7.40. The maximum Gasteiger partial charge on any atom is 0.223 e. The predicted molar refractivity (Wildman–Crippen MR) is 99.4 cm³/mol. The monoisotopic (exact) mass is 368 g/mol. The third-order valence-electron chi connectivity index (χ3n) is 5.53. The van der Waals surface area contributed by atoms with Gasteiger partial charge in [0.25, 0.3) is 0 Å². The van der Waals surface area contributed by atoms with Gasteiger partial charge < -0.3 is 14.2 Å². The van der Waals surface area contributed by atoms with Crippen LogP contribution in [0.15, 0.2) is 29.6 Å². The van der Waals surface area contributed by atoms with Crippen molar-refractivity contribution in [2.75, 3.05) is 26.4 Å². The van der Waals surface area contributed by atoms with Crippen LogP contribution in [0, 0.1) is 0 Å². The lowest BCUT2D eigenvalue weighted by Crippen LogP contribution is -2.27. The van der Waals surface area contributed by atoms with Crippen molar-refractivity contribution < 1.29 is 14.2 Å². The van der Waals surface area contributed by atoms with Crippen LogP contribution in [0.1, 0.15) is 48.4 Å².